The van der Waals surface area contributed by atoms with Gasteiger partial charge in [-0.1, -0.05) is 30.0 Å². The maximum Gasteiger partial charge on any atom is 0.316 e. The smallest absolute Gasteiger partial charge is 0.316 e. The summed E-state index contributed by atoms with van der Waals surface area (Å²) in [6.45, 7) is 9.05. The minimum Gasteiger partial charge on any atom is -0.465 e. The molecular weight excluding hydrogens is 438 g/mol. The van der Waals surface area contributed by atoms with Crippen molar-refractivity contribution < 1.29 is 18.7 Å². The molecule has 0 spiro atoms. The number of ether oxygens (including phenoxy) is 1. The molecule has 1 aromatic carbocycles. The van der Waals surface area contributed by atoms with E-state index in [-0.39, 0.29) is 23.7 Å². The first-order valence-corrected chi connectivity index (χ1v) is 11.6. The topological polar surface area (TPSA) is 104 Å². The van der Waals surface area contributed by atoms with Crippen LogP contribution in [-0.2, 0) is 14.3 Å². The lowest BCUT2D eigenvalue weighted by Gasteiger charge is -2.28. The quantitative estimate of drug-likeness (QED) is 0.560. The Bertz CT molecular complexity index is 1170. The minimum absolute atomic E-state index is 0.0353. The number of hydrogen-bond donors (Lipinski definition) is 2. The molecule has 1 atom stereocenters. The number of rotatable bonds is 7. The van der Waals surface area contributed by atoms with Gasteiger partial charge in [0.05, 0.1) is 40.0 Å². The van der Waals surface area contributed by atoms with E-state index in [1.807, 2.05) is 38.1 Å². The second-order valence-electron chi connectivity index (χ2n) is 8.00. The molecule has 1 aromatic heterocycles. The average molecular weight is 466 g/mol. The Morgan fingerprint density at radius 3 is 2.55 bits per heavy atom. The van der Waals surface area contributed by atoms with Crippen LogP contribution in [0.15, 0.2) is 62.7 Å². The zero-order chi connectivity index (χ0) is 24.1. The first-order chi connectivity index (χ1) is 15.7. The molecule has 172 valence electrons. The number of amides is 1. The van der Waals surface area contributed by atoms with Crippen molar-refractivity contribution in [2.45, 2.75) is 46.6 Å². The number of carbonyl (C=O) groups excluding carboxylic acids is 2. The van der Waals surface area contributed by atoms with E-state index in [0.717, 1.165) is 5.56 Å². The van der Waals surface area contributed by atoms with Gasteiger partial charge in [-0.15, -0.1) is 0 Å². The molecule has 0 saturated carbocycles. The number of hydrogen-bond acceptors (Lipinski definition) is 7. The van der Waals surface area contributed by atoms with Crippen LogP contribution in [-0.4, -0.2) is 23.7 Å². The number of anilines is 1. The summed E-state index contributed by atoms with van der Waals surface area (Å²) in [6, 6.07) is 13.3. The second-order valence-corrected chi connectivity index (χ2v) is 8.98. The van der Waals surface area contributed by atoms with Crippen LogP contribution < -0.4 is 10.6 Å². The van der Waals surface area contributed by atoms with E-state index in [1.54, 1.807) is 32.9 Å². The molecule has 2 aromatic rings. The monoisotopic (exact) mass is 465 g/mol. The first-order valence-electron chi connectivity index (χ1n) is 10.6. The molecule has 0 saturated heterocycles. The van der Waals surface area contributed by atoms with Gasteiger partial charge in [0.25, 0.3) is 5.91 Å². The summed E-state index contributed by atoms with van der Waals surface area (Å²) in [5.41, 5.74) is 2.90. The predicted octanol–water partition coefficient (Wildman–Crippen LogP) is 4.92. The van der Waals surface area contributed by atoms with Crippen LogP contribution in [0.3, 0.4) is 0 Å². The number of nitrogens with one attached hydrogen (secondary N) is 2. The van der Waals surface area contributed by atoms with Gasteiger partial charge in [0.1, 0.15) is 11.5 Å². The van der Waals surface area contributed by atoms with Gasteiger partial charge in [-0.2, -0.15) is 5.26 Å². The van der Waals surface area contributed by atoms with Gasteiger partial charge in [-0.05, 0) is 58.4 Å². The molecule has 2 heterocycles. The van der Waals surface area contributed by atoms with Crippen molar-refractivity contribution in [1.82, 2.24) is 5.32 Å². The first kappa shape index (κ1) is 24.2. The molecule has 1 aliphatic rings. The number of allylic oxidation sites excluding steroid dienone is 2. The van der Waals surface area contributed by atoms with Crippen LogP contribution in [0.2, 0.25) is 0 Å². The van der Waals surface area contributed by atoms with Crippen molar-refractivity contribution in [1.29, 1.82) is 5.26 Å². The Morgan fingerprint density at radius 1 is 1.21 bits per heavy atom. The highest BCUT2D eigenvalue weighted by Crippen LogP contribution is 2.41. The van der Waals surface area contributed by atoms with Gasteiger partial charge in [0.15, 0.2) is 0 Å². The van der Waals surface area contributed by atoms with Gasteiger partial charge in [-0.25, -0.2) is 0 Å². The van der Waals surface area contributed by atoms with Crippen LogP contribution in [0.4, 0.5) is 5.69 Å². The molecule has 0 fully saturated rings. The van der Waals surface area contributed by atoms with E-state index < -0.39 is 5.92 Å². The standard InChI is InChI=1S/C25H27N3O4S/c1-14(2)31-21(29)13-33-25-18(12-26)23(20-11-10-16(4)32-20)22(17(5)27-25)24(30)28-19-9-7-6-8-15(19)3/h6-11,14,23,27H,13H2,1-5H3,(H,28,30)/t23-/m1/s1. The third-order valence-corrected chi connectivity index (χ3v) is 6.02. The Kier molecular flexibility index (Phi) is 7.67. The van der Waals surface area contributed by atoms with E-state index in [2.05, 4.69) is 16.7 Å². The number of furan rings is 1. The molecule has 1 amide bonds. The molecule has 7 nitrogen and oxygen atoms in total. The van der Waals surface area contributed by atoms with Crippen molar-refractivity contribution in [2.24, 2.45) is 0 Å². The summed E-state index contributed by atoms with van der Waals surface area (Å²) in [6.07, 6.45) is -0.223. The van der Waals surface area contributed by atoms with E-state index >= 15 is 0 Å². The number of benzene rings is 1. The molecule has 3 rings (SSSR count). The lowest BCUT2D eigenvalue weighted by molar-refractivity contribution is -0.144. The van der Waals surface area contributed by atoms with Crippen molar-refractivity contribution in [2.75, 3.05) is 11.1 Å². The third-order valence-electron chi connectivity index (χ3n) is 5.03. The normalized spacial score (nSPS) is 15.8. The van der Waals surface area contributed by atoms with Crippen LogP contribution >= 0.6 is 11.8 Å². The van der Waals surface area contributed by atoms with Gasteiger partial charge in [0, 0.05) is 11.4 Å². The van der Waals surface area contributed by atoms with Crippen molar-refractivity contribution in [3.05, 3.63) is 75.4 Å². The Morgan fingerprint density at radius 2 is 1.94 bits per heavy atom. The van der Waals surface area contributed by atoms with E-state index in [4.69, 9.17) is 9.15 Å². The van der Waals surface area contributed by atoms with E-state index in [0.29, 0.717) is 39.1 Å². The number of thioether (sulfide) groups is 1. The Hall–Kier alpha value is -3.44. The number of aryl methyl sites for hydroxylation is 2. The van der Waals surface area contributed by atoms with Crippen molar-refractivity contribution in [3.63, 3.8) is 0 Å². The van der Waals surface area contributed by atoms with Crippen LogP contribution in [0.5, 0.6) is 0 Å². The zero-order valence-electron chi connectivity index (χ0n) is 19.3. The van der Waals surface area contributed by atoms with E-state index in [1.165, 1.54) is 11.8 Å². The van der Waals surface area contributed by atoms with Gasteiger partial charge in [0.2, 0.25) is 0 Å². The van der Waals surface area contributed by atoms with Gasteiger partial charge < -0.3 is 19.8 Å². The maximum absolute atomic E-state index is 13.4. The fourth-order valence-electron chi connectivity index (χ4n) is 3.55. The largest absolute Gasteiger partial charge is 0.465 e. The van der Waals surface area contributed by atoms with Gasteiger partial charge in [-0.3, -0.25) is 9.59 Å². The molecule has 0 aliphatic carbocycles. The summed E-state index contributed by atoms with van der Waals surface area (Å²) in [5, 5.41) is 16.7. The summed E-state index contributed by atoms with van der Waals surface area (Å²) in [5.74, 6) is -0.221. The predicted molar refractivity (Wildman–Crippen MR) is 128 cm³/mol. The number of nitriles is 1. The molecule has 0 bridgehead atoms. The van der Waals surface area contributed by atoms with Crippen molar-refractivity contribution >= 4 is 29.3 Å². The number of nitrogens with zero attached hydrogens (tertiary/aromatic N) is 1. The lowest BCUT2D eigenvalue weighted by Crippen LogP contribution is -2.31. The fourth-order valence-corrected chi connectivity index (χ4v) is 4.43. The third kappa shape index (κ3) is 5.68. The molecular formula is C25H27N3O4S. The maximum atomic E-state index is 13.4. The van der Waals surface area contributed by atoms with E-state index in [9.17, 15) is 14.9 Å². The molecule has 33 heavy (non-hydrogen) atoms. The molecule has 1 aliphatic heterocycles. The molecule has 8 heteroatoms. The fraction of sp³-hybridized carbons (Fsp3) is 0.320. The molecule has 0 radical (unpaired) electrons. The van der Waals surface area contributed by atoms with Gasteiger partial charge >= 0.3 is 5.97 Å². The summed E-state index contributed by atoms with van der Waals surface area (Å²) < 4.78 is 11.1. The summed E-state index contributed by atoms with van der Waals surface area (Å²) in [4.78, 5) is 25.5. The van der Waals surface area contributed by atoms with Crippen LogP contribution in [0, 0.1) is 25.2 Å². The number of carbonyl (C=O) groups is 2. The summed E-state index contributed by atoms with van der Waals surface area (Å²) in [7, 11) is 0. The molecule has 2 N–H and O–H groups in total. The highest BCUT2D eigenvalue weighted by molar-refractivity contribution is 8.03. The number of dihydropyridines is 1. The van der Waals surface area contributed by atoms with Crippen LogP contribution in [0.25, 0.3) is 0 Å². The van der Waals surface area contributed by atoms with Crippen molar-refractivity contribution in [3.8, 4) is 6.07 Å². The summed E-state index contributed by atoms with van der Waals surface area (Å²) >= 11 is 1.17. The SMILES string of the molecule is CC1=C(C(=O)Nc2ccccc2C)[C@@H](c2ccc(C)o2)C(C#N)=C(SCC(=O)OC(C)C)N1. The highest BCUT2D eigenvalue weighted by atomic mass is 32.2. The minimum atomic E-state index is -0.711. The van der Waals surface area contributed by atoms with Crippen LogP contribution in [0.1, 0.15) is 43.8 Å². The number of para-hydroxylation sites is 1. The number of esters is 1. The Balaban J connectivity index is 1.98. The molecule has 0 unspecified atom stereocenters. The second kappa shape index (κ2) is 10.5. The Labute approximate surface area is 197 Å². The zero-order valence-corrected chi connectivity index (χ0v) is 20.1. The lowest BCUT2D eigenvalue weighted by atomic mass is 9.85. The average Bonchev–Trinajstić information content (AvgIpc) is 3.18. The highest BCUT2D eigenvalue weighted by Gasteiger charge is 2.37.